The molecule has 5 heteroatoms. The Hall–Kier alpha value is -1.10. The van der Waals surface area contributed by atoms with Crippen LogP contribution in [0.25, 0.3) is 0 Å². The number of halogens is 1. The van der Waals surface area contributed by atoms with Crippen molar-refractivity contribution in [1.82, 2.24) is 15.3 Å². The first-order chi connectivity index (χ1) is 13.0. The highest BCUT2D eigenvalue weighted by atomic mass is 35.5. The summed E-state index contributed by atoms with van der Waals surface area (Å²) in [4.78, 5) is 15.8. The summed E-state index contributed by atoms with van der Waals surface area (Å²) in [5.41, 5.74) is 4.72. The normalized spacial score (nSPS) is 38.9. The first-order valence-corrected chi connectivity index (χ1v) is 10.8. The molecule has 4 nitrogen and oxygen atoms in total. The Kier molecular flexibility index (Phi) is 4.30. The predicted octanol–water partition coefficient (Wildman–Crippen LogP) is 3.46. The first-order valence-electron chi connectivity index (χ1n) is 10.5. The fraction of sp³-hybridized carbons (Fsp3) is 0.682. The van der Waals surface area contributed by atoms with Gasteiger partial charge in [0.2, 0.25) is 5.91 Å². The second-order valence-electron chi connectivity index (χ2n) is 9.76. The van der Waals surface area contributed by atoms with E-state index in [0.29, 0.717) is 17.7 Å². The third-order valence-corrected chi connectivity index (χ3v) is 8.01. The number of nitrogens with one attached hydrogen (secondary N) is 1. The summed E-state index contributed by atoms with van der Waals surface area (Å²) in [6, 6.07) is 8.46. The van der Waals surface area contributed by atoms with Crippen LogP contribution in [0, 0.1) is 17.3 Å². The molecule has 5 aliphatic rings. The Morgan fingerprint density at radius 2 is 1.67 bits per heavy atom. The van der Waals surface area contributed by atoms with Gasteiger partial charge in [0.15, 0.2) is 0 Å². The van der Waals surface area contributed by atoms with Gasteiger partial charge in [-0.15, -0.1) is 0 Å². The number of nitrogens with zero attached hydrogens (tertiary/aromatic N) is 2. The molecular weight excluding hydrogens is 358 g/mol. The maximum atomic E-state index is 13.5. The largest absolute Gasteiger partial charge is 0.304 e. The zero-order valence-corrected chi connectivity index (χ0v) is 17.0. The highest BCUT2D eigenvalue weighted by molar-refractivity contribution is 6.30. The van der Waals surface area contributed by atoms with E-state index >= 15 is 0 Å². The second-order valence-corrected chi connectivity index (χ2v) is 10.2. The molecule has 0 radical (unpaired) electrons. The van der Waals surface area contributed by atoms with E-state index in [-0.39, 0.29) is 10.8 Å². The van der Waals surface area contributed by atoms with Crippen LogP contribution in [-0.4, -0.2) is 49.0 Å². The van der Waals surface area contributed by atoms with Crippen LogP contribution in [0.4, 0.5) is 0 Å². The number of carbonyl (C=O) groups is 1. The van der Waals surface area contributed by atoms with Crippen LogP contribution < -0.4 is 5.43 Å². The van der Waals surface area contributed by atoms with Crippen molar-refractivity contribution in [2.75, 3.05) is 33.2 Å². The summed E-state index contributed by atoms with van der Waals surface area (Å²) in [5.74, 6) is 1.68. The second kappa shape index (κ2) is 6.47. The van der Waals surface area contributed by atoms with Gasteiger partial charge in [0.1, 0.15) is 0 Å². The van der Waals surface area contributed by atoms with Crippen LogP contribution in [0.1, 0.15) is 44.1 Å². The molecule has 4 saturated carbocycles. The first kappa shape index (κ1) is 18.0. The topological polar surface area (TPSA) is 35.6 Å². The molecule has 1 heterocycles. The average molecular weight is 388 g/mol. The number of benzene rings is 1. The van der Waals surface area contributed by atoms with Gasteiger partial charge in [0.25, 0.3) is 0 Å². The minimum Gasteiger partial charge on any atom is -0.304 e. The molecule has 27 heavy (non-hydrogen) atoms. The van der Waals surface area contributed by atoms with Gasteiger partial charge in [-0.25, -0.2) is 5.01 Å². The van der Waals surface area contributed by atoms with Crippen LogP contribution in [0.2, 0.25) is 5.02 Å². The summed E-state index contributed by atoms with van der Waals surface area (Å²) in [6.07, 6.45) is 6.98. The van der Waals surface area contributed by atoms with Crippen LogP contribution in [0.3, 0.4) is 0 Å². The summed E-state index contributed by atoms with van der Waals surface area (Å²) in [5, 5.41) is 2.95. The molecule has 6 rings (SSSR count). The monoisotopic (exact) mass is 387 g/mol. The van der Waals surface area contributed by atoms with Crippen molar-refractivity contribution in [2.24, 2.45) is 17.3 Å². The standard InChI is InChI=1S/C22H30ClN3O/c1-25-6-8-26(9-7-25)24-20(27)22-13-16-10-17(14-22)12-21(11-16,15-22)18-2-4-19(23)5-3-18/h2-5,16-17H,6-15H2,1H3,(H,24,27). The molecule has 4 aliphatic carbocycles. The number of amides is 1. The molecule has 0 spiro atoms. The lowest BCUT2D eigenvalue weighted by molar-refractivity contribution is -0.155. The van der Waals surface area contributed by atoms with Crippen LogP contribution >= 0.6 is 11.6 Å². The van der Waals surface area contributed by atoms with E-state index in [1.165, 1.54) is 24.8 Å². The van der Waals surface area contributed by atoms with Gasteiger partial charge in [-0.1, -0.05) is 23.7 Å². The molecule has 2 unspecified atom stereocenters. The van der Waals surface area contributed by atoms with Gasteiger partial charge in [-0.3, -0.25) is 10.2 Å². The van der Waals surface area contributed by atoms with Gasteiger partial charge < -0.3 is 4.90 Å². The van der Waals surface area contributed by atoms with Crippen molar-refractivity contribution in [3.05, 3.63) is 34.9 Å². The highest BCUT2D eigenvalue weighted by Gasteiger charge is 2.61. The Morgan fingerprint density at radius 3 is 2.30 bits per heavy atom. The number of hydrogen-bond donors (Lipinski definition) is 1. The molecule has 5 fully saturated rings. The number of likely N-dealkylation sites (N-methyl/N-ethyl adjacent to an activating group) is 1. The molecule has 1 N–H and O–H groups in total. The number of rotatable bonds is 3. The van der Waals surface area contributed by atoms with Gasteiger partial charge in [-0.2, -0.15) is 0 Å². The summed E-state index contributed by atoms with van der Waals surface area (Å²) < 4.78 is 0. The van der Waals surface area contributed by atoms with Crippen molar-refractivity contribution < 1.29 is 4.79 Å². The SMILES string of the molecule is CN1CCN(NC(=O)C23CC4CC(C2)CC(c2ccc(Cl)cc2)(C4)C3)CC1. The van der Waals surface area contributed by atoms with Crippen LogP contribution in [0.15, 0.2) is 24.3 Å². The van der Waals surface area contributed by atoms with E-state index in [9.17, 15) is 4.79 Å². The number of carbonyl (C=O) groups excluding carboxylic acids is 1. The van der Waals surface area contributed by atoms with E-state index < -0.39 is 0 Å². The Bertz CT molecular complexity index is 712. The lowest BCUT2D eigenvalue weighted by Gasteiger charge is -2.61. The van der Waals surface area contributed by atoms with Gasteiger partial charge in [0.05, 0.1) is 5.41 Å². The maximum absolute atomic E-state index is 13.5. The molecule has 1 amide bonds. The number of hydrazine groups is 1. The average Bonchev–Trinajstić information content (AvgIpc) is 2.63. The molecular formula is C22H30ClN3O. The minimum absolute atomic E-state index is 0.174. The molecule has 1 aromatic carbocycles. The Labute approximate surface area is 167 Å². The summed E-state index contributed by atoms with van der Waals surface area (Å²) in [6.45, 7) is 3.89. The number of hydrogen-bond acceptors (Lipinski definition) is 3. The Balaban J connectivity index is 1.39. The van der Waals surface area contributed by atoms with Crippen molar-refractivity contribution in [2.45, 2.75) is 43.9 Å². The third kappa shape index (κ3) is 3.10. The molecule has 0 aromatic heterocycles. The summed E-state index contributed by atoms with van der Waals surface area (Å²) >= 11 is 6.14. The molecule has 1 saturated heterocycles. The zero-order chi connectivity index (χ0) is 18.6. The van der Waals surface area contributed by atoms with Crippen molar-refractivity contribution in [3.63, 3.8) is 0 Å². The lowest BCUT2D eigenvalue weighted by Crippen LogP contribution is -2.62. The summed E-state index contributed by atoms with van der Waals surface area (Å²) in [7, 11) is 2.15. The van der Waals surface area contributed by atoms with Crippen LogP contribution in [0.5, 0.6) is 0 Å². The predicted molar refractivity (Wildman–Crippen MR) is 107 cm³/mol. The van der Waals surface area contributed by atoms with E-state index in [4.69, 9.17) is 11.6 Å². The molecule has 2 atom stereocenters. The minimum atomic E-state index is -0.174. The van der Waals surface area contributed by atoms with E-state index in [1.807, 2.05) is 12.1 Å². The molecule has 146 valence electrons. The number of piperazine rings is 1. The molecule has 1 aliphatic heterocycles. The fourth-order valence-corrected chi connectivity index (χ4v) is 6.98. The smallest absolute Gasteiger partial charge is 0.240 e. The molecule has 4 bridgehead atoms. The lowest BCUT2D eigenvalue weighted by atomic mass is 9.42. The zero-order valence-electron chi connectivity index (χ0n) is 16.2. The van der Waals surface area contributed by atoms with Crippen molar-refractivity contribution >= 4 is 17.5 Å². The maximum Gasteiger partial charge on any atom is 0.240 e. The quantitative estimate of drug-likeness (QED) is 0.862. The fourth-order valence-electron chi connectivity index (χ4n) is 6.85. The van der Waals surface area contributed by atoms with Gasteiger partial charge >= 0.3 is 0 Å². The van der Waals surface area contributed by atoms with E-state index in [1.54, 1.807) is 0 Å². The third-order valence-electron chi connectivity index (χ3n) is 7.76. The highest BCUT2D eigenvalue weighted by Crippen LogP contribution is 2.65. The van der Waals surface area contributed by atoms with Gasteiger partial charge in [0, 0.05) is 31.2 Å². The van der Waals surface area contributed by atoms with Crippen molar-refractivity contribution in [3.8, 4) is 0 Å². The van der Waals surface area contributed by atoms with Crippen LogP contribution in [-0.2, 0) is 10.2 Å². The van der Waals surface area contributed by atoms with E-state index in [2.05, 4.69) is 34.5 Å². The Morgan fingerprint density at radius 1 is 1.04 bits per heavy atom. The van der Waals surface area contributed by atoms with E-state index in [0.717, 1.165) is 50.5 Å². The van der Waals surface area contributed by atoms with Crippen molar-refractivity contribution in [1.29, 1.82) is 0 Å². The molecule has 1 aromatic rings. The van der Waals surface area contributed by atoms with Gasteiger partial charge in [-0.05, 0) is 80.5 Å².